The Kier molecular flexibility index (Phi) is 6.11. The molecule has 0 saturated heterocycles. The summed E-state index contributed by atoms with van der Waals surface area (Å²) >= 11 is 0. The number of hydrogen-bond donors (Lipinski definition) is 2. The second kappa shape index (κ2) is 9.29. The van der Waals surface area contributed by atoms with Gasteiger partial charge in [0.05, 0.1) is 35.2 Å². The van der Waals surface area contributed by atoms with Crippen LogP contribution < -0.4 is 0 Å². The number of hydrogen-bond acceptors (Lipinski definition) is 5. The second-order valence-electron chi connectivity index (χ2n) is 6.72. The summed E-state index contributed by atoms with van der Waals surface area (Å²) in [5.41, 5.74) is 7.86. The van der Waals surface area contributed by atoms with Crippen molar-refractivity contribution in [3.63, 3.8) is 0 Å². The first-order valence-corrected chi connectivity index (χ1v) is 9.43. The molecule has 8 heteroatoms. The van der Waals surface area contributed by atoms with E-state index in [1.807, 2.05) is 42.5 Å². The van der Waals surface area contributed by atoms with Gasteiger partial charge < -0.3 is 9.97 Å². The van der Waals surface area contributed by atoms with Crippen LogP contribution in [0.2, 0.25) is 0 Å². The Bertz CT molecular complexity index is 1290. The van der Waals surface area contributed by atoms with E-state index in [-0.39, 0.29) is 16.8 Å². The summed E-state index contributed by atoms with van der Waals surface area (Å²) in [5, 5.41) is 10.1. The predicted molar refractivity (Wildman–Crippen MR) is 119 cm³/mol. The van der Waals surface area contributed by atoms with Crippen LogP contribution in [0.25, 0.3) is 46.4 Å². The van der Waals surface area contributed by atoms with Crippen LogP contribution in [-0.2, 0) is 16.8 Å². The molecule has 0 unspecified atom stereocenters. The van der Waals surface area contributed by atoms with Crippen LogP contribution in [0.4, 0.5) is 0 Å². The van der Waals surface area contributed by atoms with Gasteiger partial charge in [-0.3, -0.25) is 0 Å². The maximum Gasteiger partial charge on any atom is 0.0659 e. The quantitative estimate of drug-likeness (QED) is 0.355. The standard InChI is InChI=1S/C20H14N4.C3H3N3.Co/c1-2-14-10-16-5-6-18(23-16)12-20-8-7-19(24-20)11-17-4-3-15(22-17)9-13(1)21-14;1-2-4-6-5-3-1;/h1-12,21-22H;1-3H;. The molecule has 0 saturated carbocycles. The molecular formula is C23H17CoN7. The Morgan fingerprint density at radius 2 is 0.935 bits per heavy atom. The molecule has 31 heavy (non-hydrogen) atoms. The van der Waals surface area contributed by atoms with E-state index in [1.54, 1.807) is 18.5 Å². The van der Waals surface area contributed by atoms with Gasteiger partial charge in [0.15, 0.2) is 0 Å². The zero-order valence-electron chi connectivity index (χ0n) is 16.2. The van der Waals surface area contributed by atoms with Crippen molar-refractivity contribution in [2.45, 2.75) is 0 Å². The first kappa shape index (κ1) is 20.4. The fourth-order valence-corrected chi connectivity index (χ4v) is 3.15. The number of aromatic amines is 2. The summed E-state index contributed by atoms with van der Waals surface area (Å²) in [6.45, 7) is 0. The summed E-state index contributed by atoms with van der Waals surface area (Å²) in [6, 6.07) is 18.1. The molecule has 6 heterocycles. The predicted octanol–water partition coefficient (Wildman–Crippen LogP) is 4.52. The molecule has 1 radical (unpaired) electrons. The van der Waals surface area contributed by atoms with Crippen LogP contribution in [0.15, 0.2) is 67.0 Å². The molecule has 0 atom stereocenters. The Morgan fingerprint density at radius 3 is 1.32 bits per heavy atom. The Hall–Kier alpha value is -3.88. The van der Waals surface area contributed by atoms with E-state index in [0.29, 0.717) is 0 Å². The van der Waals surface area contributed by atoms with E-state index in [9.17, 15) is 0 Å². The molecule has 4 aromatic heterocycles. The first-order valence-electron chi connectivity index (χ1n) is 9.43. The molecule has 7 nitrogen and oxygen atoms in total. The molecule has 0 aromatic carbocycles. The molecule has 0 fully saturated rings. The van der Waals surface area contributed by atoms with E-state index in [2.05, 4.69) is 65.7 Å². The second-order valence-corrected chi connectivity index (χ2v) is 6.72. The molecule has 4 aromatic rings. The zero-order valence-corrected chi connectivity index (χ0v) is 17.3. The molecule has 8 bridgehead atoms. The number of aromatic nitrogens is 7. The Balaban J connectivity index is 0.000000288. The van der Waals surface area contributed by atoms with E-state index >= 15 is 0 Å². The number of nitrogens with zero attached hydrogens (tertiary/aromatic N) is 5. The van der Waals surface area contributed by atoms with E-state index in [0.717, 1.165) is 44.8 Å². The number of fused-ring (bicyclic) bond motifs is 8. The fraction of sp³-hybridized carbons (Fsp3) is 0. The molecule has 0 amide bonds. The monoisotopic (exact) mass is 450 g/mol. The summed E-state index contributed by atoms with van der Waals surface area (Å²) in [5.74, 6) is 0. The van der Waals surface area contributed by atoms with Crippen LogP contribution in [0.5, 0.6) is 0 Å². The van der Waals surface area contributed by atoms with Crippen molar-refractivity contribution in [2.75, 3.05) is 0 Å². The van der Waals surface area contributed by atoms with E-state index in [4.69, 9.17) is 0 Å². The fourth-order valence-electron chi connectivity index (χ4n) is 3.15. The van der Waals surface area contributed by atoms with Crippen molar-refractivity contribution in [2.24, 2.45) is 0 Å². The van der Waals surface area contributed by atoms with Crippen molar-refractivity contribution >= 4 is 46.4 Å². The Labute approximate surface area is 188 Å². The van der Waals surface area contributed by atoms with Gasteiger partial charge in [0.1, 0.15) is 0 Å². The first-order chi connectivity index (χ1) is 14.8. The zero-order chi connectivity index (χ0) is 20.2. The average molecular weight is 450 g/mol. The van der Waals surface area contributed by atoms with Crippen LogP contribution in [-0.4, -0.2) is 35.3 Å². The maximum absolute atomic E-state index is 4.62. The van der Waals surface area contributed by atoms with E-state index in [1.165, 1.54) is 0 Å². The van der Waals surface area contributed by atoms with Gasteiger partial charge in [0, 0.05) is 38.8 Å². The molecule has 6 rings (SSSR count). The van der Waals surface area contributed by atoms with Crippen molar-refractivity contribution < 1.29 is 16.8 Å². The van der Waals surface area contributed by atoms with Gasteiger partial charge in [-0.25, -0.2) is 9.97 Å². The number of rotatable bonds is 0. The van der Waals surface area contributed by atoms with Gasteiger partial charge in [0.25, 0.3) is 0 Å². The minimum absolute atomic E-state index is 0. The molecule has 2 aliphatic heterocycles. The Morgan fingerprint density at radius 1 is 0.516 bits per heavy atom. The van der Waals surface area contributed by atoms with Crippen LogP contribution in [0.3, 0.4) is 0 Å². The third-order valence-corrected chi connectivity index (χ3v) is 4.45. The number of H-pyrrole nitrogens is 2. The van der Waals surface area contributed by atoms with Crippen LogP contribution in [0, 0.1) is 0 Å². The third-order valence-electron chi connectivity index (χ3n) is 4.45. The van der Waals surface area contributed by atoms with Gasteiger partial charge in [0.2, 0.25) is 0 Å². The topological polar surface area (TPSA) is 96.0 Å². The third kappa shape index (κ3) is 5.19. The van der Waals surface area contributed by atoms with Crippen molar-refractivity contribution in [3.8, 4) is 0 Å². The summed E-state index contributed by atoms with van der Waals surface area (Å²) in [7, 11) is 0. The van der Waals surface area contributed by atoms with Crippen molar-refractivity contribution in [1.29, 1.82) is 0 Å². The SMILES string of the molecule is C1=Cc2cc3ccc(cc4ccc(cc5nc(cc1n2)C=C5)[nH]4)[nH]3.[Co].c1cnnnc1. The van der Waals surface area contributed by atoms with Crippen LogP contribution in [0.1, 0.15) is 22.8 Å². The van der Waals surface area contributed by atoms with Crippen LogP contribution >= 0.6 is 0 Å². The molecule has 0 aliphatic carbocycles. The van der Waals surface area contributed by atoms with Gasteiger partial charge in [-0.15, -0.1) is 10.2 Å². The van der Waals surface area contributed by atoms with Gasteiger partial charge in [-0.05, 0) is 84.1 Å². The van der Waals surface area contributed by atoms with Gasteiger partial charge in [-0.1, -0.05) is 0 Å². The van der Waals surface area contributed by atoms with Gasteiger partial charge in [-0.2, -0.15) is 0 Å². The van der Waals surface area contributed by atoms with Crippen molar-refractivity contribution in [1.82, 2.24) is 35.3 Å². The summed E-state index contributed by atoms with van der Waals surface area (Å²) in [6.07, 6.45) is 11.2. The minimum atomic E-state index is 0. The molecule has 153 valence electrons. The van der Waals surface area contributed by atoms with Gasteiger partial charge >= 0.3 is 0 Å². The number of nitrogens with one attached hydrogen (secondary N) is 2. The normalized spacial score (nSPS) is 11.4. The maximum atomic E-state index is 4.62. The van der Waals surface area contributed by atoms with Crippen molar-refractivity contribution in [3.05, 3.63) is 89.8 Å². The molecule has 2 aliphatic rings. The molecular weight excluding hydrogens is 433 g/mol. The summed E-state index contributed by atoms with van der Waals surface area (Å²) in [4.78, 5) is 16.0. The summed E-state index contributed by atoms with van der Waals surface area (Å²) < 4.78 is 0. The molecule has 2 N–H and O–H groups in total. The minimum Gasteiger partial charge on any atom is -0.355 e. The smallest absolute Gasteiger partial charge is 0.0659 e. The largest absolute Gasteiger partial charge is 0.355 e. The average Bonchev–Trinajstić information content (AvgIpc) is 3.56. The van der Waals surface area contributed by atoms with E-state index < -0.39 is 0 Å². The molecule has 0 spiro atoms.